The van der Waals surface area contributed by atoms with Crippen LogP contribution in [0, 0.1) is 0 Å². The van der Waals surface area contributed by atoms with E-state index < -0.39 is 30.0 Å². The zero-order valence-electron chi connectivity index (χ0n) is 11.1. The molecule has 1 atom stereocenters. The largest absolute Gasteiger partial charge is 0.493 e. The number of benzene rings is 1. The van der Waals surface area contributed by atoms with Gasteiger partial charge in [-0.2, -0.15) is 13.2 Å². The van der Waals surface area contributed by atoms with Gasteiger partial charge in [0.25, 0.3) is 0 Å². The molecule has 1 aliphatic rings. The van der Waals surface area contributed by atoms with Gasteiger partial charge >= 0.3 is 11.8 Å². The zero-order chi connectivity index (χ0) is 15.7. The predicted octanol–water partition coefficient (Wildman–Crippen LogP) is 4.46. The average Bonchev–Trinajstić information content (AvgIpc) is 2.49. The summed E-state index contributed by atoms with van der Waals surface area (Å²) in [4.78, 5) is 0. The van der Waals surface area contributed by atoms with E-state index in [-0.39, 0.29) is 5.56 Å². The minimum Gasteiger partial charge on any atom is -0.493 e. The molecule has 0 heterocycles. The van der Waals surface area contributed by atoms with Crippen molar-refractivity contribution in [2.45, 2.75) is 31.7 Å². The lowest BCUT2D eigenvalue weighted by Gasteiger charge is -2.38. The Morgan fingerprint density at radius 2 is 1.71 bits per heavy atom. The van der Waals surface area contributed by atoms with Gasteiger partial charge in [-0.15, -0.1) is 0 Å². The standard InChI is InChI=1S/C14H13F5O2/c1-2-7-20-10-6-4-3-5-9(10)8-21-14(19)12(16)11(15)13(14,17)18/h3-6H,2,7-8H2,1H3. The molecule has 1 aromatic rings. The molecule has 1 aliphatic carbocycles. The summed E-state index contributed by atoms with van der Waals surface area (Å²) < 4.78 is 74.9. The van der Waals surface area contributed by atoms with Crippen LogP contribution < -0.4 is 4.74 Å². The zero-order valence-corrected chi connectivity index (χ0v) is 11.1. The van der Waals surface area contributed by atoms with Gasteiger partial charge in [-0.3, -0.25) is 0 Å². The highest BCUT2D eigenvalue weighted by atomic mass is 19.3. The molecule has 2 rings (SSSR count). The van der Waals surface area contributed by atoms with Gasteiger partial charge in [0.2, 0.25) is 11.7 Å². The number of halogens is 5. The first kappa shape index (κ1) is 15.8. The van der Waals surface area contributed by atoms with Crippen molar-refractivity contribution < 1.29 is 31.4 Å². The number of ether oxygens (including phenoxy) is 2. The number of hydrogen-bond donors (Lipinski definition) is 0. The molecule has 0 saturated heterocycles. The smallest absolute Gasteiger partial charge is 0.365 e. The average molecular weight is 308 g/mol. The van der Waals surface area contributed by atoms with Crippen molar-refractivity contribution in [1.29, 1.82) is 0 Å². The molecule has 0 bridgehead atoms. The third kappa shape index (κ3) is 2.50. The first-order valence-corrected chi connectivity index (χ1v) is 6.32. The summed E-state index contributed by atoms with van der Waals surface area (Å²) in [5, 5.41) is 0. The topological polar surface area (TPSA) is 18.5 Å². The second-order valence-electron chi connectivity index (χ2n) is 4.54. The predicted molar refractivity (Wildman–Crippen MR) is 65.0 cm³/mol. The van der Waals surface area contributed by atoms with E-state index in [0.29, 0.717) is 18.8 Å². The molecule has 0 saturated carbocycles. The highest BCUT2D eigenvalue weighted by Crippen LogP contribution is 2.56. The summed E-state index contributed by atoms with van der Waals surface area (Å²) in [7, 11) is 0. The lowest BCUT2D eigenvalue weighted by Crippen LogP contribution is -2.56. The van der Waals surface area contributed by atoms with Crippen LogP contribution in [0.25, 0.3) is 0 Å². The van der Waals surface area contributed by atoms with Crippen molar-refractivity contribution >= 4 is 0 Å². The Bertz CT molecular complexity index is 558. The Labute approximate surface area is 118 Å². The molecule has 0 aromatic heterocycles. The number of para-hydroxylation sites is 1. The van der Waals surface area contributed by atoms with Crippen LogP contribution in [0.2, 0.25) is 0 Å². The molecule has 1 unspecified atom stereocenters. The van der Waals surface area contributed by atoms with Crippen LogP contribution in [-0.4, -0.2) is 18.4 Å². The second-order valence-corrected chi connectivity index (χ2v) is 4.54. The van der Waals surface area contributed by atoms with E-state index in [1.165, 1.54) is 6.07 Å². The fourth-order valence-electron chi connectivity index (χ4n) is 1.80. The van der Waals surface area contributed by atoms with Crippen molar-refractivity contribution in [3.8, 4) is 5.75 Å². The third-order valence-electron chi connectivity index (χ3n) is 3.02. The minimum absolute atomic E-state index is 0.263. The Hall–Kier alpha value is -1.63. The summed E-state index contributed by atoms with van der Waals surface area (Å²) >= 11 is 0. The van der Waals surface area contributed by atoms with Crippen molar-refractivity contribution in [1.82, 2.24) is 0 Å². The molecule has 0 fully saturated rings. The van der Waals surface area contributed by atoms with Gasteiger partial charge < -0.3 is 9.47 Å². The van der Waals surface area contributed by atoms with Crippen LogP contribution in [0.1, 0.15) is 18.9 Å². The van der Waals surface area contributed by atoms with E-state index >= 15 is 0 Å². The molecule has 0 spiro atoms. The maximum absolute atomic E-state index is 13.7. The summed E-state index contributed by atoms with van der Waals surface area (Å²) in [6, 6.07) is 6.21. The Balaban J connectivity index is 2.11. The molecule has 7 heteroatoms. The van der Waals surface area contributed by atoms with Crippen molar-refractivity contribution in [3.05, 3.63) is 41.5 Å². The van der Waals surface area contributed by atoms with Gasteiger partial charge in [0.05, 0.1) is 13.2 Å². The van der Waals surface area contributed by atoms with Crippen molar-refractivity contribution in [2.75, 3.05) is 6.61 Å². The Morgan fingerprint density at radius 1 is 1.05 bits per heavy atom. The van der Waals surface area contributed by atoms with E-state index in [9.17, 15) is 22.0 Å². The van der Waals surface area contributed by atoms with Crippen LogP contribution in [0.15, 0.2) is 35.9 Å². The Morgan fingerprint density at radius 3 is 2.33 bits per heavy atom. The molecular weight excluding hydrogens is 295 g/mol. The minimum atomic E-state index is -4.61. The van der Waals surface area contributed by atoms with Gasteiger partial charge in [0.1, 0.15) is 5.75 Å². The van der Waals surface area contributed by atoms with Crippen LogP contribution >= 0.6 is 0 Å². The quantitative estimate of drug-likeness (QED) is 0.723. The van der Waals surface area contributed by atoms with Gasteiger partial charge in [-0.1, -0.05) is 25.1 Å². The van der Waals surface area contributed by atoms with Gasteiger partial charge in [0.15, 0.2) is 0 Å². The molecule has 116 valence electrons. The highest BCUT2D eigenvalue weighted by Gasteiger charge is 2.74. The third-order valence-corrected chi connectivity index (χ3v) is 3.02. The van der Waals surface area contributed by atoms with Crippen LogP contribution in [0.3, 0.4) is 0 Å². The monoisotopic (exact) mass is 308 g/mol. The summed E-state index contributed by atoms with van der Waals surface area (Å²) in [6.45, 7) is 1.57. The summed E-state index contributed by atoms with van der Waals surface area (Å²) in [6.07, 6.45) is 0.711. The van der Waals surface area contributed by atoms with Crippen molar-refractivity contribution in [2.24, 2.45) is 0 Å². The molecule has 2 nitrogen and oxygen atoms in total. The molecular formula is C14H13F5O2. The first-order valence-electron chi connectivity index (χ1n) is 6.32. The molecule has 21 heavy (non-hydrogen) atoms. The first-order chi connectivity index (χ1) is 9.84. The maximum atomic E-state index is 13.7. The highest BCUT2D eigenvalue weighted by molar-refractivity contribution is 5.36. The fraction of sp³-hybridized carbons (Fsp3) is 0.429. The fourth-order valence-corrected chi connectivity index (χ4v) is 1.80. The molecule has 0 radical (unpaired) electrons. The maximum Gasteiger partial charge on any atom is 0.365 e. The molecule has 0 amide bonds. The van der Waals surface area contributed by atoms with E-state index in [2.05, 4.69) is 4.74 Å². The summed E-state index contributed by atoms with van der Waals surface area (Å²) in [5.41, 5.74) is 0.263. The van der Waals surface area contributed by atoms with Crippen LogP contribution in [0.5, 0.6) is 5.75 Å². The molecule has 1 aromatic carbocycles. The molecule has 0 aliphatic heterocycles. The Kier molecular flexibility index (Phi) is 4.22. The lowest BCUT2D eigenvalue weighted by molar-refractivity contribution is -0.288. The van der Waals surface area contributed by atoms with Crippen LogP contribution in [0.4, 0.5) is 22.0 Å². The number of alkyl halides is 3. The van der Waals surface area contributed by atoms with Gasteiger partial charge in [-0.05, 0) is 12.5 Å². The van der Waals surface area contributed by atoms with E-state index in [1.807, 2.05) is 6.92 Å². The van der Waals surface area contributed by atoms with E-state index in [4.69, 9.17) is 4.74 Å². The SMILES string of the molecule is CCCOc1ccccc1COC1(F)C(F)=C(F)C1(F)F. The number of rotatable bonds is 6. The van der Waals surface area contributed by atoms with Crippen molar-refractivity contribution in [3.63, 3.8) is 0 Å². The summed E-state index contributed by atoms with van der Waals surface area (Å²) in [5.74, 6) is -13.0. The lowest BCUT2D eigenvalue weighted by atomic mass is 9.95. The van der Waals surface area contributed by atoms with E-state index in [1.54, 1.807) is 18.2 Å². The van der Waals surface area contributed by atoms with Gasteiger partial charge in [0, 0.05) is 5.56 Å². The second kappa shape index (κ2) is 5.63. The van der Waals surface area contributed by atoms with Crippen LogP contribution in [-0.2, 0) is 11.3 Å². The molecule has 0 N–H and O–H groups in total. The number of hydrogen-bond acceptors (Lipinski definition) is 2. The normalized spacial score (nSPS) is 23.9. The van der Waals surface area contributed by atoms with E-state index in [0.717, 1.165) is 0 Å². The van der Waals surface area contributed by atoms with Gasteiger partial charge in [-0.25, -0.2) is 8.78 Å².